The van der Waals surface area contributed by atoms with Gasteiger partial charge in [-0.05, 0) is 30.9 Å². The molecular formula is C20H28N2O3. The summed E-state index contributed by atoms with van der Waals surface area (Å²) in [5.41, 5.74) is 0. The maximum absolute atomic E-state index is 12.6. The minimum absolute atomic E-state index is 0.0794. The summed E-state index contributed by atoms with van der Waals surface area (Å²) in [6, 6.07) is 3.84. The van der Waals surface area contributed by atoms with Gasteiger partial charge in [-0.2, -0.15) is 0 Å². The molecule has 2 heterocycles. The van der Waals surface area contributed by atoms with Crippen molar-refractivity contribution in [3.8, 4) is 0 Å². The van der Waals surface area contributed by atoms with Crippen molar-refractivity contribution in [2.75, 3.05) is 26.2 Å². The fourth-order valence-electron chi connectivity index (χ4n) is 4.48. The van der Waals surface area contributed by atoms with Crippen LogP contribution in [-0.2, 0) is 9.59 Å². The lowest BCUT2D eigenvalue weighted by Crippen LogP contribution is -2.51. The first kappa shape index (κ1) is 16.7. The minimum Gasteiger partial charge on any atom is -0.469 e. The maximum atomic E-state index is 12.6. The van der Waals surface area contributed by atoms with Gasteiger partial charge in [0, 0.05) is 44.4 Å². The molecule has 25 heavy (non-hydrogen) atoms. The highest BCUT2D eigenvalue weighted by Crippen LogP contribution is 2.48. The van der Waals surface area contributed by atoms with Crippen molar-refractivity contribution in [3.63, 3.8) is 0 Å². The third-order valence-electron chi connectivity index (χ3n) is 6.20. The molecule has 2 saturated carbocycles. The number of furan rings is 1. The first-order valence-electron chi connectivity index (χ1n) is 9.82. The van der Waals surface area contributed by atoms with Gasteiger partial charge >= 0.3 is 0 Å². The van der Waals surface area contributed by atoms with Crippen LogP contribution in [0.3, 0.4) is 0 Å². The molecule has 2 aliphatic carbocycles. The Bertz CT molecular complexity index is 598. The molecule has 0 aromatic carbocycles. The first-order valence-corrected chi connectivity index (χ1v) is 9.82. The highest BCUT2D eigenvalue weighted by Gasteiger charge is 2.47. The number of nitrogens with zero attached hydrogens (tertiary/aromatic N) is 2. The SMILES string of the molecule is O=C(CCC1CCCC1)N1CCN(C(=O)[C@@H]2C[C@H]2c2ccco2)CC1. The van der Waals surface area contributed by atoms with Crippen LogP contribution in [0.15, 0.2) is 22.8 Å². The summed E-state index contributed by atoms with van der Waals surface area (Å²) in [4.78, 5) is 28.9. The van der Waals surface area contributed by atoms with Crippen LogP contribution >= 0.6 is 0 Å². The quantitative estimate of drug-likeness (QED) is 0.825. The van der Waals surface area contributed by atoms with Crippen molar-refractivity contribution < 1.29 is 14.0 Å². The highest BCUT2D eigenvalue weighted by atomic mass is 16.3. The van der Waals surface area contributed by atoms with Crippen molar-refractivity contribution in [1.29, 1.82) is 0 Å². The predicted molar refractivity (Wildman–Crippen MR) is 93.9 cm³/mol. The molecular weight excluding hydrogens is 316 g/mol. The molecule has 0 bridgehead atoms. The van der Waals surface area contributed by atoms with E-state index in [4.69, 9.17) is 4.42 Å². The highest BCUT2D eigenvalue weighted by molar-refractivity contribution is 5.83. The Balaban J connectivity index is 1.20. The summed E-state index contributed by atoms with van der Waals surface area (Å²) < 4.78 is 5.42. The number of carbonyl (C=O) groups excluding carboxylic acids is 2. The molecule has 0 unspecified atom stereocenters. The summed E-state index contributed by atoms with van der Waals surface area (Å²) in [7, 11) is 0. The minimum atomic E-state index is 0.0794. The Morgan fingerprint density at radius 1 is 1.08 bits per heavy atom. The third kappa shape index (κ3) is 3.75. The lowest BCUT2D eigenvalue weighted by atomic mass is 10.0. The Morgan fingerprint density at radius 2 is 1.80 bits per heavy atom. The average molecular weight is 344 g/mol. The fourth-order valence-corrected chi connectivity index (χ4v) is 4.48. The van der Waals surface area contributed by atoms with Crippen LogP contribution in [-0.4, -0.2) is 47.8 Å². The summed E-state index contributed by atoms with van der Waals surface area (Å²) in [6.07, 6.45) is 9.56. The standard InChI is InChI=1S/C20H28N2O3/c23-19(8-7-15-4-1-2-5-15)21-9-11-22(12-10-21)20(24)17-14-16(17)18-6-3-13-25-18/h3,6,13,15-17H,1-2,4-5,7-12,14H2/t16-,17-/m1/s1. The summed E-state index contributed by atoms with van der Waals surface area (Å²) in [5.74, 6) is 2.54. The van der Waals surface area contributed by atoms with E-state index in [9.17, 15) is 9.59 Å². The van der Waals surface area contributed by atoms with Crippen LogP contribution < -0.4 is 0 Å². The molecule has 5 nitrogen and oxygen atoms in total. The van der Waals surface area contributed by atoms with Crippen LogP contribution in [0.25, 0.3) is 0 Å². The predicted octanol–water partition coefficient (Wildman–Crippen LogP) is 3.02. The molecule has 0 spiro atoms. The summed E-state index contributed by atoms with van der Waals surface area (Å²) in [6.45, 7) is 2.73. The monoisotopic (exact) mass is 344 g/mol. The number of carbonyl (C=O) groups is 2. The van der Waals surface area contributed by atoms with Gasteiger partial charge in [-0.15, -0.1) is 0 Å². The molecule has 2 amide bonds. The van der Waals surface area contributed by atoms with Crippen molar-refractivity contribution in [2.45, 2.75) is 50.9 Å². The van der Waals surface area contributed by atoms with E-state index in [0.717, 1.165) is 24.5 Å². The number of hydrogen-bond acceptors (Lipinski definition) is 3. The Morgan fingerprint density at radius 3 is 2.48 bits per heavy atom. The van der Waals surface area contributed by atoms with Crippen molar-refractivity contribution >= 4 is 11.8 Å². The number of hydrogen-bond donors (Lipinski definition) is 0. The molecule has 0 N–H and O–H groups in total. The second-order valence-electron chi connectivity index (χ2n) is 7.86. The summed E-state index contributed by atoms with van der Waals surface area (Å²) in [5, 5.41) is 0. The maximum Gasteiger partial charge on any atom is 0.226 e. The van der Waals surface area contributed by atoms with Crippen LogP contribution in [0.4, 0.5) is 0 Å². The van der Waals surface area contributed by atoms with Gasteiger partial charge in [-0.1, -0.05) is 25.7 Å². The Labute approximate surface area is 149 Å². The van der Waals surface area contributed by atoms with Crippen molar-refractivity contribution in [2.24, 2.45) is 11.8 Å². The molecule has 3 aliphatic rings. The van der Waals surface area contributed by atoms with Crippen molar-refractivity contribution in [3.05, 3.63) is 24.2 Å². The third-order valence-corrected chi connectivity index (χ3v) is 6.20. The summed E-state index contributed by atoms with van der Waals surface area (Å²) >= 11 is 0. The second-order valence-corrected chi connectivity index (χ2v) is 7.86. The van der Waals surface area contributed by atoms with Crippen molar-refractivity contribution in [1.82, 2.24) is 9.80 Å². The molecule has 5 heteroatoms. The fraction of sp³-hybridized carbons (Fsp3) is 0.700. The van der Waals surface area contributed by atoms with Gasteiger partial charge in [0.2, 0.25) is 11.8 Å². The van der Waals surface area contributed by atoms with E-state index >= 15 is 0 Å². The molecule has 4 rings (SSSR count). The molecule has 1 aliphatic heterocycles. The van der Waals surface area contributed by atoms with Gasteiger partial charge in [0.25, 0.3) is 0 Å². The van der Waals surface area contributed by atoms with E-state index in [-0.39, 0.29) is 23.7 Å². The van der Waals surface area contributed by atoms with Crippen LogP contribution in [0.1, 0.15) is 56.6 Å². The van der Waals surface area contributed by atoms with E-state index in [1.54, 1.807) is 6.26 Å². The van der Waals surface area contributed by atoms with Gasteiger partial charge in [0.15, 0.2) is 0 Å². The Hall–Kier alpha value is -1.78. The van der Waals surface area contributed by atoms with Crippen LogP contribution in [0.5, 0.6) is 0 Å². The molecule has 1 aromatic heterocycles. The van der Waals surface area contributed by atoms with Gasteiger partial charge in [0.05, 0.1) is 6.26 Å². The lowest BCUT2D eigenvalue weighted by molar-refractivity contribution is -0.140. The Kier molecular flexibility index (Phi) is 4.82. The molecule has 136 valence electrons. The molecule has 3 fully saturated rings. The van der Waals surface area contributed by atoms with E-state index in [0.29, 0.717) is 32.6 Å². The largest absolute Gasteiger partial charge is 0.469 e. The van der Waals surface area contributed by atoms with E-state index < -0.39 is 0 Å². The van der Waals surface area contributed by atoms with Gasteiger partial charge < -0.3 is 14.2 Å². The van der Waals surface area contributed by atoms with E-state index in [1.165, 1.54) is 25.7 Å². The smallest absolute Gasteiger partial charge is 0.226 e. The van der Waals surface area contributed by atoms with Gasteiger partial charge in [-0.25, -0.2) is 0 Å². The number of amides is 2. The van der Waals surface area contributed by atoms with Gasteiger partial charge in [0.1, 0.15) is 5.76 Å². The molecule has 1 aromatic rings. The number of rotatable bonds is 5. The normalized spacial score (nSPS) is 26.9. The van der Waals surface area contributed by atoms with Crippen LogP contribution in [0.2, 0.25) is 0 Å². The zero-order chi connectivity index (χ0) is 17.2. The second kappa shape index (κ2) is 7.22. The zero-order valence-corrected chi connectivity index (χ0v) is 14.9. The number of piperazine rings is 1. The molecule has 0 radical (unpaired) electrons. The van der Waals surface area contributed by atoms with Crippen LogP contribution in [0, 0.1) is 11.8 Å². The van der Waals surface area contributed by atoms with E-state index in [1.807, 2.05) is 21.9 Å². The molecule has 2 atom stereocenters. The molecule has 1 saturated heterocycles. The van der Waals surface area contributed by atoms with E-state index in [2.05, 4.69) is 0 Å². The lowest BCUT2D eigenvalue weighted by Gasteiger charge is -2.35. The average Bonchev–Trinajstić information content (AvgIpc) is 3.06. The zero-order valence-electron chi connectivity index (χ0n) is 14.9. The van der Waals surface area contributed by atoms with Gasteiger partial charge in [-0.3, -0.25) is 9.59 Å². The topological polar surface area (TPSA) is 53.8 Å². The first-order chi connectivity index (χ1) is 12.2.